The molecule has 0 spiro atoms. The Kier molecular flexibility index (Phi) is 10.6. The van der Waals surface area contributed by atoms with Gasteiger partial charge < -0.3 is 9.47 Å². The van der Waals surface area contributed by atoms with E-state index in [1.54, 1.807) is 0 Å². The summed E-state index contributed by atoms with van der Waals surface area (Å²) in [5.74, 6) is 1.66. The Morgan fingerprint density at radius 3 is 1.85 bits per heavy atom. The third kappa shape index (κ3) is 5.96. The maximum Gasteiger partial charge on any atom is 0.173 e. The van der Waals surface area contributed by atoms with Crippen LogP contribution in [0.25, 0.3) is 0 Å². The third-order valence-electron chi connectivity index (χ3n) is 7.42. The van der Waals surface area contributed by atoms with Gasteiger partial charge in [0.1, 0.15) is 0 Å². The molecule has 0 heterocycles. The zero-order chi connectivity index (χ0) is 18.7. The van der Waals surface area contributed by atoms with E-state index in [-0.39, 0.29) is 5.79 Å². The first-order valence-electron chi connectivity index (χ1n) is 11.9. The maximum absolute atomic E-state index is 6.32. The largest absolute Gasteiger partial charge is 0.353 e. The average molecular weight is 367 g/mol. The zero-order valence-corrected chi connectivity index (χ0v) is 18.1. The van der Waals surface area contributed by atoms with Gasteiger partial charge in [0, 0.05) is 26.1 Å². The molecule has 2 fully saturated rings. The highest BCUT2D eigenvalue weighted by Gasteiger charge is 2.49. The molecule has 0 saturated heterocycles. The van der Waals surface area contributed by atoms with Gasteiger partial charge in [-0.3, -0.25) is 0 Å². The highest BCUT2D eigenvalue weighted by atomic mass is 16.7. The summed E-state index contributed by atoms with van der Waals surface area (Å²) in [6.45, 7) is 2.30. The van der Waals surface area contributed by atoms with Gasteiger partial charge in [0.2, 0.25) is 0 Å². The van der Waals surface area contributed by atoms with Crippen molar-refractivity contribution in [1.29, 1.82) is 0 Å². The van der Waals surface area contributed by atoms with Crippen LogP contribution in [-0.2, 0) is 9.47 Å². The van der Waals surface area contributed by atoms with Crippen molar-refractivity contribution in [3.63, 3.8) is 0 Å². The van der Waals surface area contributed by atoms with E-state index in [0.717, 1.165) is 5.92 Å². The molecule has 1 unspecified atom stereocenters. The molecule has 154 valence electrons. The summed E-state index contributed by atoms with van der Waals surface area (Å²) in [7, 11) is 3.85. The predicted octanol–water partition coefficient (Wildman–Crippen LogP) is 7.50. The molecule has 0 aromatic carbocycles. The number of hydrogen-bond donors (Lipinski definition) is 0. The Bertz CT molecular complexity index is 338. The third-order valence-corrected chi connectivity index (χ3v) is 7.42. The van der Waals surface area contributed by atoms with Gasteiger partial charge in [-0.2, -0.15) is 0 Å². The first-order chi connectivity index (χ1) is 12.8. The summed E-state index contributed by atoms with van der Waals surface area (Å²) in [5.41, 5.74) is 0. The van der Waals surface area contributed by atoms with Crippen LogP contribution in [0.1, 0.15) is 116 Å². The Morgan fingerprint density at radius 1 is 0.731 bits per heavy atom. The van der Waals surface area contributed by atoms with Crippen molar-refractivity contribution in [3.05, 3.63) is 0 Å². The van der Waals surface area contributed by atoms with Crippen molar-refractivity contribution < 1.29 is 9.47 Å². The summed E-state index contributed by atoms with van der Waals surface area (Å²) in [5, 5.41) is 0. The lowest BCUT2D eigenvalue weighted by molar-refractivity contribution is -0.288. The van der Waals surface area contributed by atoms with Crippen molar-refractivity contribution in [2.75, 3.05) is 14.2 Å². The molecular formula is C24H46O2. The van der Waals surface area contributed by atoms with Gasteiger partial charge in [0.15, 0.2) is 5.79 Å². The first-order valence-corrected chi connectivity index (χ1v) is 11.9. The second-order valence-electron chi connectivity index (χ2n) is 9.03. The molecule has 2 rings (SSSR count). The van der Waals surface area contributed by atoms with Crippen molar-refractivity contribution in [1.82, 2.24) is 0 Å². The van der Waals surface area contributed by atoms with Gasteiger partial charge in [-0.15, -0.1) is 0 Å². The van der Waals surface area contributed by atoms with Crippen LogP contribution in [0, 0.1) is 17.8 Å². The van der Waals surface area contributed by atoms with Gasteiger partial charge in [-0.05, 0) is 38.0 Å². The van der Waals surface area contributed by atoms with E-state index in [4.69, 9.17) is 9.47 Å². The fourth-order valence-corrected chi connectivity index (χ4v) is 5.97. The summed E-state index contributed by atoms with van der Waals surface area (Å²) in [6.07, 6.45) is 23.3. The molecule has 0 aromatic rings. The maximum atomic E-state index is 6.32. The normalized spacial score (nSPS) is 21.8. The molecule has 0 N–H and O–H groups in total. The van der Waals surface area contributed by atoms with Crippen LogP contribution in [0.4, 0.5) is 0 Å². The molecule has 0 aliphatic heterocycles. The molecule has 0 amide bonds. The molecule has 2 saturated carbocycles. The van der Waals surface area contributed by atoms with Crippen molar-refractivity contribution in [2.45, 2.75) is 122 Å². The number of unbranched alkanes of at least 4 members (excludes halogenated alkanes) is 5. The smallest absolute Gasteiger partial charge is 0.173 e. The standard InChI is InChI=1S/C24H46O2/c1-4-5-6-7-8-15-20-23(21-16-11-9-12-17-21)24(25-2,26-3)22-18-13-10-14-19-22/h21-23H,4-20H2,1-3H3. The van der Waals surface area contributed by atoms with E-state index < -0.39 is 0 Å². The van der Waals surface area contributed by atoms with Crippen molar-refractivity contribution in [3.8, 4) is 0 Å². The summed E-state index contributed by atoms with van der Waals surface area (Å²) in [4.78, 5) is 0. The van der Waals surface area contributed by atoms with Crippen LogP contribution >= 0.6 is 0 Å². The second kappa shape index (κ2) is 12.4. The average Bonchev–Trinajstić information content (AvgIpc) is 2.71. The van der Waals surface area contributed by atoms with Gasteiger partial charge in [0.25, 0.3) is 0 Å². The van der Waals surface area contributed by atoms with Crippen molar-refractivity contribution >= 4 is 0 Å². The molecule has 2 aliphatic rings. The van der Waals surface area contributed by atoms with Gasteiger partial charge in [-0.1, -0.05) is 84.0 Å². The highest BCUT2D eigenvalue weighted by Crippen LogP contribution is 2.48. The number of ether oxygens (including phenoxy) is 2. The van der Waals surface area contributed by atoms with E-state index in [1.807, 2.05) is 14.2 Å². The molecular weight excluding hydrogens is 320 g/mol. The monoisotopic (exact) mass is 366 g/mol. The quantitative estimate of drug-likeness (QED) is 0.263. The van der Waals surface area contributed by atoms with Gasteiger partial charge in [-0.25, -0.2) is 0 Å². The topological polar surface area (TPSA) is 18.5 Å². The Labute approximate surface area is 163 Å². The van der Waals surface area contributed by atoms with Crippen molar-refractivity contribution in [2.24, 2.45) is 17.8 Å². The minimum absolute atomic E-state index is 0.328. The molecule has 2 nitrogen and oxygen atoms in total. The molecule has 2 aliphatic carbocycles. The van der Waals surface area contributed by atoms with Crippen LogP contribution in [-0.4, -0.2) is 20.0 Å². The molecule has 0 radical (unpaired) electrons. The van der Waals surface area contributed by atoms with Crippen LogP contribution in [0.2, 0.25) is 0 Å². The summed E-state index contributed by atoms with van der Waals surface area (Å²) < 4.78 is 12.6. The lowest BCUT2D eigenvalue weighted by Gasteiger charge is -2.49. The minimum Gasteiger partial charge on any atom is -0.353 e. The van der Waals surface area contributed by atoms with E-state index >= 15 is 0 Å². The van der Waals surface area contributed by atoms with E-state index in [0.29, 0.717) is 11.8 Å². The second-order valence-corrected chi connectivity index (χ2v) is 9.03. The lowest BCUT2D eigenvalue weighted by atomic mass is 9.67. The number of rotatable bonds is 12. The minimum atomic E-state index is -0.328. The van der Waals surface area contributed by atoms with Gasteiger partial charge >= 0.3 is 0 Å². The predicted molar refractivity (Wildman–Crippen MR) is 111 cm³/mol. The Morgan fingerprint density at radius 2 is 1.27 bits per heavy atom. The summed E-state index contributed by atoms with van der Waals surface area (Å²) in [6, 6.07) is 0. The number of hydrogen-bond acceptors (Lipinski definition) is 2. The van der Waals surface area contributed by atoms with Crippen LogP contribution < -0.4 is 0 Å². The molecule has 0 aromatic heterocycles. The number of methoxy groups -OCH3 is 2. The van der Waals surface area contributed by atoms with E-state index in [2.05, 4.69) is 6.92 Å². The van der Waals surface area contributed by atoms with Crippen LogP contribution in [0.3, 0.4) is 0 Å². The SMILES string of the molecule is CCCCCCCCC(C1CCCCC1)C(OC)(OC)C1CCCCC1. The fourth-order valence-electron chi connectivity index (χ4n) is 5.97. The van der Waals surface area contributed by atoms with Gasteiger partial charge in [0.05, 0.1) is 0 Å². The Hall–Kier alpha value is -0.0800. The lowest BCUT2D eigenvalue weighted by Crippen LogP contribution is -2.52. The molecule has 26 heavy (non-hydrogen) atoms. The van der Waals surface area contributed by atoms with E-state index in [1.165, 1.54) is 109 Å². The molecule has 0 bridgehead atoms. The highest BCUT2D eigenvalue weighted by molar-refractivity contribution is 4.92. The first kappa shape index (κ1) is 22.2. The zero-order valence-electron chi connectivity index (χ0n) is 18.1. The Balaban J connectivity index is 2.05. The summed E-state index contributed by atoms with van der Waals surface area (Å²) >= 11 is 0. The molecule has 2 heteroatoms. The van der Waals surface area contributed by atoms with E-state index in [9.17, 15) is 0 Å². The molecule has 1 atom stereocenters. The van der Waals surface area contributed by atoms with Crippen LogP contribution in [0.5, 0.6) is 0 Å². The fraction of sp³-hybridized carbons (Fsp3) is 1.00. The van der Waals surface area contributed by atoms with Crippen LogP contribution in [0.15, 0.2) is 0 Å².